The highest BCUT2D eigenvalue weighted by Gasteiger charge is 2.20. The van der Waals surface area contributed by atoms with Crippen LogP contribution in [0, 0.1) is 11.0 Å². The number of pyridine rings is 1. The third-order valence-electron chi connectivity index (χ3n) is 2.88. The number of hydrogen-bond acceptors (Lipinski definition) is 4. The van der Waals surface area contributed by atoms with Crippen molar-refractivity contribution >= 4 is 29.2 Å². The highest BCUT2D eigenvalue weighted by Crippen LogP contribution is 2.22. The van der Waals surface area contributed by atoms with E-state index in [4.69, 9.17) is 16.3 Å². The molecule has 120 valence electrons. The van der Waals surface area contributed by atoms with Crippen LogP contribution in [-0.2, 0) is 9.53 Å². The first kappa shape index (κ1) is 16.7. The number of esters is 1. The minimum atomic E-state index is -1.11. The summed E-state index contributed by atoms with van der Waals surface area (Å²) in [4.78, 5) is 23.8. The Morgan fingerprint density at radius 3 is 2.57 bits per heavy atom. The van der Waals surface area contributed by atoms with E-state index in [2.05, 4.69) is 5.32 Å². The molecule has 0 aliphatic carbocycles. The lowest BCUT2D eigenvalue weighted by molar-refractivity contribution is -0.605. The summed E-state index contributed by atoms with van der Waals surface area (Å²) < 4.78 is 18.5. The van der Waals surface area contributed by atoms with E-state index in [0.29, 0.717) is 4.73 Å². The number of aromatic nitrogens is 1. The summed E-state index contributed by atoms with van der Waals surface area (Å²) in [5.41, 5.74) is 0.338. The molecule has 0 aliphatic heterocycles. The molecule has 1 aromatic carbocycles. The van der Waals surface area contributed by atoms with E-state index in [-0.39, 0.29) is 16.3 Å². The van der Waals surface area contributed by atoms with Gasteiger partial charge in [0.05, 0.1) is 16.3 Å². The Hall–Kier alpha value is -2.67. The fourth-order valence-electron chi connectivity index (χ4n) is 1.66. The molecule has 1 atom stereocenters. The van der Waals surface area contributed by atoms with Gasteiger partial charge in [-0.2, -0.15) is 4.73 Å². The quantitative estimate of drug-likeness (QED) is 0.527. The average Bonchev–Trinajstić information content (AvgIpc) is 2.50. The third-order valence-corrected chi connectivity index (χ3v) is 3.19. The predicted molar refractivity (Wildman–Crippen MR) is 80.3 cm³/mol. The Labute approximate surface area is 136 Å². The fraction of sp³-hybridized carbons (Fsp3) is 0.133. The molecule has 8 heteroatoms. The molecular weight excluding hydrogens is 327 g/mol. The highest BCUT2D eigenvalue weighted by atomic mass is 35.5. The van der Waals surface area contributed by atoms with Gasteiger partial charge in [-0.05, 0) is 25.1 Å². The highest BCUT2D eigenvalue weighted by molar-refractivity contribution is 6.33. The molecule has 0 saturated carbocycles. The molecule has 0 aliphatic rings. The number of carbonyl (C=O) groups excluding carboxylic acids is 2. The molecule has 0 bridgehead atoms. The monoisotopic (exact) mass is 338 g/mol. The van der Waals surface area contributed by atoms with Crippen molar-refractivity contribution in [3.63, 3.8) is 0 Å². The number of halogens is 2. The summed E-state index contributed by atoms with van der Waals surface area (Å²) in [6.07, 6.45) is 1.17. The molecular formula is C15H12ClFN2O4. The Balaban J connectivity index is 1.99. The van der Waals surface area contributed by atoms with Crippen molar-refractivity contribution in [2.75, 3.05) is 5.32 Å². The number of amides is 1. The predicted octanol–water partition coefficient (Wildman–Crippen LogP) is 2.30. The molecule has 1 heterocycles. The van der Waals surface area contributed by atoms with E-state index in [1.165, 1.54) is 25.1 Å². The van der Waals surface area contributed by atoms with Gasteiger partial charge in [0.1, 0.15) is 5.82 Å². The number of rotatable bonds is 4. The molecule has 0 saturated heterocycles. The van der Waals surface area contributed by atoms with Gasteiger partial charge in [0.15, 0.2) is 18.5 Å². The molecule has 0 unspecified atom stereocenters. The van der Waals surface area contributed by atoms with E-state index >= 15 is 0 Å². The summed E-state index contributed by atoms with van der Waals surface area (Å²) in [5, 5.41) is 13.4. The maximum atomic E-state index is 12.9. The molecule has 0 fully saturated rings. The van der Waals surface area contributed by atoms with Crippen molar-refractivity contribution in [2.45, 2.75) is 13.0 Å². The minimum absolute atomic E-state index is 0.0277. The zero-order valence-corrected chi connectivity index (χ0v) is 12.7. The van der Waals surface area contributed by atoms with Crippen LogP contribution < -0.4 is 10.0 Å². The van der Waals surface area contributed by atoms with E-state index in [1.54, 1.807) is 0 Å². The smallest absolute Gasteiger partial charge is 0.339 e. The van der Waals surface area contributed by atoms with Crippen LogP contribution in [0.3, 0.4) is 0 Å². The molecule has 23 heavy (non-hydrogen) atoms. The lowest BCUT2D eigenvalue weighted by Crippen LogP contribution is -2.30. The Kier molecular flexibility index (Phi) is 5.13. The molecule has 0 radical (unpaired) electrons. The molecule has 2 aromatic rings. The van der Waals surface area contributed by atoms with E-state index in [0.717, 1.165) is 24.5 Å². The van der Waals surface area contributed by atoms with Crippen LogP contribution in [0.4, 0.5) is 10.1 Å². The largest absolute Gasteiger partial charge is 0.619 e. The van der Waals surface area contributed by atoms with Crippen molar-refractivity contribution in [3.05, 3.63) is 64.3 Å². The molecule has 1 aromatic heterocycles. The Morgan fingerprint density at radius 1 is 1.30 bits per heavy atom. The van der Waals surface area contributed by atoms with E-state index < -0.39 is 23.8 Å². The molecule has 0 spiro atoms. The number of nitrogens with zero attached hydrogens (tertiary/aromatic N) is 1. The summed E-state index contributed by atoms with van der Waals surface area (Å²) >= 11 is 5.80. The number of benzene rings is 1. The van der Waals surface area contributed by atoms with Crippen molar-refractivity contribution in [3.8, 4) is 0 Å². The van der Waals surface area contributed by atoms with Crippen molar-refractivity contribution in [2.24, 2.45) is 0 Å². The summed E-state index contributed by atoms with van der Waals surface area (Å²) in [6.45, 7) is 1.38. The zero-order valence-electron chi connectivity index (χ0n) is 12.0. The van der Waals surface area contributed by atoms with Gasteiger partial charge in [0, 0.05) is 12.1 Å². The van der Waals surface area contributed by atoms with E-state index in [9.17, 15) is 19.2 Å². The van der Waals surface area contributed by atoms with Gasteiger partial charge in [-0.25, -0.2) is 9.18 Å². The number of hydrogen-bond donors (Lipinski definition) is 1. The van der Waals surface area contributed by atoms with Crippen molar-refractivity contribution < 1.29 is 23.4 Å². The minimum Gasteiger partial charge on any atom is -0.619 e. The second-order valence-electron chi connectivity index (χ2n) is 4.61. The third kappa shape index (κ3) is 4.40. The van der Waals surface area contributed by atoms with Crippen LogP contribution in [0.15, 0.2) is 42.7 Å². The molecule has 1 N–H and O–H groups in total. The Bertz CT molecular complexity index is 737. The van der Waals surface area contributed by atoms with Gasteiger partial charge in [-0.1, -0.05) is 11.6 Å². The van der Waals surface area contributed by atoms with Gasteiger partial charge in [-0.15, -0.1) is 0 Å². The van der Waals surface area contributed by atoms with Crippen molar-refractivity contribution in [1.82, 2.24) is 0 Å². The van der Waals surface area contributed by atoms with Crippen LogP contribution in [0.2, 0.25) is 5.02 Å². The molecule has 6 nitrogen and oxygen atoms in total. The second kappa shape index (κ2) is 7.06. The number of anilines is 1. The number of carbonyl (C=O) groups is 2. The first-order valence-electron chi connectivity index (χ1n) is 6.52. The average molecular weight is 339 g/mol. The van der Waals surface area contributed by atoms with Gasteiger partial charge in [-0.3, -0.25) is 4.79 Å². The van der Waals surface area contributed by atoms with Crippen LogP contribution >= 0.6 is 11.6 Å². The zero-order chi connectivity index (χ0) is 17.0. The second-order valence-corrected chi connectivity index (χ2v) is 5.01. The van der Waals surface area contributed by atoms with Gasteiger partial charge < -0.3 is 15.3 Å². The first-order chi connectivity index (χ1) is 10.9. The standard InChI is InChI=1S/C15H12ClFN2O4/c1-9(23-15(21)10-4-6-19(22)7-5-10)14(20)18-13-3-2-11(17)8-12(13)16/h2-9H,1H3,(H,18,20)/t9-/m1/s1. The normalized spacial score (nSPS) is 11.6. The van der Waals surface area contributed by atoms with Crippen LogP contribution in [0.5, 0.6) is 0 Å². The van der Waals surface area contributed by atoms with Crippen LogP contribution in [0.25, 0.3) is 0 Å². The summed E-state index contributed by atoms with van der Waals surface area (Å²) in [6, 6.07) is 6.04. The summed E-state index contributed by atoms with van der Waals surface area (Å²) in [7, 11) is 0. The summed E-state index contributed by atoms with van der Waals surface area (Å²) in [5.74, 6) is -1.91. The lowest BCUT2D eigenvalue weighted by Gasteiger charge is -2.14. The fourth-order valence-corrected chi connectivity index (χ4v) is 1.87. The topological polar surface area (TPSA) is 82.3 Å². The SMILES string of the molecule is C[C@@H](OC(=O)c1cc[n+]([O-])cc1)C(=O)Nc1ccc(F)cc1Cl. The number of nitrogens with one attached hydrogen (secondary N) is 1. The maximum Gasteiger partial charge on any atom is 0.339 e. The number of ether oxygens (including phenoxy) is 1. The van der Waals surface area contributed by atoms with Crippen LogP contribution in [0.1, 0.15) is 17.3 Å². The molecule has 1 amide bonds. The van der Waals surface area contributed by atoms with Crippen molar-refractivity contribution in [1.29, 1.82) is 0 Å². The molecule has 2 rings (SSSR count). The van der Waals surface area contributed by atoms with Gasteiger partial charge in [0.2, 0.25) is 0 Å². The lowest BCUT2D eigenvalue weighted by atomic mass is 10.2. The van der Waals surface area contributed by atoms with Gasteiger partial charge >= 0.3 is 5.97 Å². The van der Waals surface area contributed by atoms with Crippen LogP contribution in [-0.4, -0.2) is 18.0 Å². The van der Waals surface area contributed by atoms with E-state index in [1.807, 2.05) is 0 Å². The maximum absolute atomic E-state index is 12.9. The first-order valence-corrected chi connectivity index (χ1v) is 6.90. The van der Waals surface area contributed by atoms with Gasteiger partial charge in [0.25, 0.3) is 5.91 Å². The Morgan fingerprint density at radius 2 is 1.96 bits per heavy atom.